The Morgan fingerprint density at radius 2 is 1.96 bits per heavy atom. The van der Waals surface area contributed by atoms with E-state index in [4.69, 9.17) is 10.5 Å². The van der Waals surface area contributed by atoms with Gasteiger partial charge in [0, 0.05) is 24.9 Å². The highest BCUT2D eigenvalue weighted by Crippen LogP contribution is 2.22. The predicted octanol–water partition coefficient (Wildman–Crippen LogP) is 0.357. The molecule has 0 spiro atoms. The van der Waals surface area contributed by atoms with Crippen LogP contribution in [0.5, 0.6) is 0 Å². The van der Waals surface area contributed by atoms with Crippen LogP contribution in [0.3, 0.4) is 0 Å². The summed E-state index contributed by atoms with van der Waals surface area (Å²) in [7, 11) is -3.46. The largest absolute Gasteiger partial charge is 0.370 e. The Bertz CT molecular complexity index is 854. The quantitative estimate of drug-likeness (QED) is 0.769. The molecule has 2 saturated heterocycles. The third kappa shape index (κ3) is 4.38. The van der Waals surface area contributed by atoms with Crippen molar-refractivity contribution in [3.63, 3.8) is 0 Å². The molecule has 0 radical (unpaired) electrons. The van der Waals surface area contributed by atoms with Gasteiger partial charge in [-0.15, -0.1) is 0 Å². The number of halogens is 1. The molecule has 2 N–H and O–H groups in total. The van der Waals surface area contributed by atoms with Crippen LogP contribution in [0.2, 0.25) is 0 Å². The number of likely N-dealkylation sites (tertiary alicyclic amines) is 2. The average Bonchev–Trinajstić information content (AvgIpc) is 3.03. The Balaban J connectivity index is 1.46. The van der Waals surface area contributed by atoms with Gasteiger partial charge in [-0.3, -0.25) is 4.79 Å². The third-order valence-electron chi connectivity index (χ3n) is 4.91. The van der Waals surface area contributed by atoms with E-state index in [-0.39, 0.29) is 41.0 Å². The zero-order valence-corrected chi connectivity index (χ0v) is 15.7. The molecule has 1 aromatic rings. The number of urea groups is 1. The van der Waals surface area contributed by atoms with E-state index in [1.165, 1.54) is 12.1 Å². The van der Waals surface area contributed by atoms with Crippen LogP contribution in [-0.2, 0) is 26.0 Å². The van der Waals surface area contributed by atoms with E-state index >= 15 is 0 Å². The molecule has 3 amide bonds. The van der Waals surface area contributed by atoms with Gasteiger partial charge in [0.25, 0.3) is 0 Å². The molecule has 148 valence electrons. The van der Waals surface area contributed by atoms with Crippen LogP contribution in [0, 0.1) is 11.7 Å². The molecule has 2 aliphatic heterocycles. The molecule has 2 fully saturated rings. The number of amides is 3. The highest BCUT2D eigenvalue weighted by molar-refractivity contribution is 7.90. The molecule has 3 rings (SSSR count). The smallest absolute Gasteiger partial charge is 0.320 e. The van der Waals surface area contributed by atoms with Crippen LogP contribution in [-0.4, -0.2) is 68.7 Å². The molecule has 0 aliphatic carbocycles. The van der Waals surface area contributed by atoms with E-state index < -0.39 is 15.7 Å². The van der Waals surface area contributed by atoms with Crippen LogP contribution < -0.4 is 5.73 Å². The lowest BCUT2D eigenvalue weighted by Crippen LogP contribution is -2.58. The summed E-state index contributed by atoms with van der Waals surface area (Å²) < 4.78 is 42.4. The zero-order valence-electron chi connectivity index (χ0n) is 14.9. The fourth-order valence-electron chi connectivity index (χ4n) is 3.15. The number of carbonyl (C=O) groups excluding carboxylic acids is 2. The first kappa shape index (κ1) is 19.6. The third-order valence-corrected chi connectivity index (χ3v) is 6.02. The Hall–Kier alpha value is -2.20. The molecule has 2 heterocycles. The van der Waals surface area contributed by atoms with Gasteiger partial charge in [-0.05, 0) is 18.6 Å². The second-order valence-corrected chi connectivity index (χ2v) is 9.00. The molecular weight excluding hydrogens is 377 g/mol. The fourth-order valence-corrected chi connectivity index (χ4v) is 3.78. The van der Waals surface area contributed by atoms with E-state index in [2.05, 4.69) is 0 Å². The summed E-state index contributed by atoms with van der Waals surface area (Å²) in [4.78, 5) is 26.6. The van der Waals surface area contributed by atoms with Crippen LogP contribution in [0.1, 0.15) is 12.0 Å². The van der Waals surface area contributed by atoms with E-state index in [1.54, 1.807) is 9.80 Å². The summed E-state index contributed by atoms with van der Waals surface area (Å²) in [5.41, 5.74) is 5.53. The molecule has 10 heteroatoms. The lowest BCUT2D eigenvalue weighted by molar-refractivity contribution is -0.121. The van der Waals surface area contributed by atoms with Gasteiger partial charge < -0.3 is 20.3 Å². The van der Waals surface area contributed by atoms with Crippen molar-refractivity contribution >= 4 is 21.8 Å². The second-order valence-electron chi connectivity index (χ2n) is 6.98. The molecule has 0 saturated carbocycles. The number of primary amides is 1. The first-order chi connectivity index (χ1) is 12.6. The standard InChI is InChI=1S/C17H22FN3O5S/c1-27(24,25)14-3-2-12(15(18)6-14)10-26-13-8-21(9-13)17(23)20-5-4-11(7-20)16(19)22/h2-3,6,11,13H,4-5,7-10H2,1H3,(H2,19,22)/t11-/m0/s1. The summed E-state index contributed by atoms with van der Waals surface area (Å²) in [6, 6.07) is 3.56. The second kappa shape index (κ2) is 7.43. The van der Waals surface area contributed by atoms with E-state index in [0.29, 0.717) is 32.6 Å². The van der Waals surface area contributed by atoms with E-state index in [0.717, 1.165) is 12.3 Å². The maximum Gasteiger partial charge on any atom is 0.320 e. The maximum atomic E-state index is 14.0. The number of sulfone groups is 1. The molecule has 1 aromatic carbocycles. The zero-order chi connectivity index (χ0) is 19.8. The predicted molar refractivity (Wildman–Crippen MR) is 93.9 cm³/mol. The van der Waals surface area contributed by atoms with Crippen LogP contribution in [0.4, 0.5) is 9.18 Å². The van der Waals surface area contributed by atoms with Crippen molar-refractivity contribution in [2.75, 3.05) is 32.4 Å². The monoisotopic (exact) mass is 399 g/mol. The number of hydrogen-bond acceptors (Lipinski definition) is 5. The molecule has 1 atom stereocenters. The lowest BCUT2D eigenvalue weighted by atomic mass is 10.1. The van der Waals surface area contributed by atoms with Crippen LogP contribution in [0.25, 0.3) is 0 Å². The summed E-state index contributed by atoms with van der Waals surface area (Å²) in [5.74, 6) is -1.32. The Morgan fingerprint density at radius 3 is 2.52 bits per heavy atom. The van der Waals surface area contributed by atoms with Gasteiger partial charge >= 0.3 is 6.03 Å². The Morgan fingerprint density at radius 1 is 1.26 bits per heavy atom. The van der Waals surface area contributed by atoms with E-state index in [9.17, 15) is 22.4 Å². The van der Waals surface area contributed by atoms with Gasteiger partial charge in [0.15, 0.2) is 9.84 Å². The SMILES string of the molecule is CS(=O)(=O)c1ccc(COC2CN(C(=O)N3CC[C@H](C(N)=O)C3)C2)c(F)c1. The molecule has 27 heavy (non-hydrogen) atoms. The number of ether oxygens (including phenoxy) is 1. The Kier molecular flexibility index (Phi) is 5.38. The fraction of sp³-hybridized carbons (Fsp3) is 0.529. The first-order valence-corrected chi connectivity index (χ1v) is 10.5. The van der Waals surface area contributed by atoms with Gasteiger partial charge in [0.05, 0.1) is 36.6 Å². The molecule has 0 bridgehead atoms. The van der Waals surface area contributed by atoms with Gasteiger partial charge in [-0.2, -0.15) is 0 Å². The molecule has 0 aromatic heterocycles. The van der Waals surface area contributed by atoms with Crippen LogP contribution in [0.15, 0.2) is 23.1 Å². The van der Waals surface area contributed by atoms with E-state index in [1.807, 2.05) is 0 Å². The lowest BCUT2D eigenvalue weighted by Gasteiger charge is -2.40. The van der Waals surface area contributed by atoms with Gasteiger partial charge in [0.1, 0.15) is 5.82 Å². The summed E-state index contributed by atoms with van der Waals surface area (Å²) in [6.45, 7) is 1.62. The molecule has 2 aliphatic rings. The highest BCUT2D eigenvalue weighted by atomic mass is 32.2. The minimum Gasteiger partial charge on any atom is -0.370 e. The molecule has 0 unspecified atom stereocenters. The minimum absolute atomic E-state index is 0.00393. The average molecular weight is 399 g/mol. The highest BCUT2D eigenvalue weighted by Gasteiger charge is 2.37. The summed E-state index contributed by atoms with van der Waals surface area (Å²) in [5, 5.41) is 0. The maximum absolute atomic E-state index is 14.0. The van der Waals surface area contributed by atoms with Crippen molar-refractivity contribution in [2.45, 2.75) is 24.0 Å². The van der Waals surface area contributed by atoms with Crippen molar-refractivity contribution in [3.8, 4) is 0 Å². The summed E-state index contributed by atoms with van der Waals surface area (Å²) in [6.07, 6.45) is 1.39. The normalized spacial score (nSPS) is 20.6. The Labute approximate surface area is 157 Å². The van der Waals surface area contributed by atoms with Crippen molar-refractivity contribution < 1.29 is 27.1 Å². The van der Waals surface area contributed by atoms with Gasteiger partial charge in [0.2, 0.25) is 5.91 Å². The summed E-state index contributed by atoms with van der Waals surface area (Å²) >= 11 is 0. The number of nitrogens with two attached hydrogens (primary N) is 1. The number of carbonyl (C=O) groups is 2. The number of benzene rings is 1. The number of rotatable bonds is 5. The van der Waals surface area contributed by atoms with Crippen molar-refractivity contribution in [3.05, 3.63) is 29.6 Å². The van der Waals surface area contributed by atoms with Gasteiger partial charge in [-0.25, -0.2) is 17.6 Å². The minimum atomic E-state index is -3.46. The number of nitrogens with zero attached hydrogens (tertiary/aromatic N) is 2. The molecule has 8 nitrogen and oxygen atoms in total. The van der Waals surface area contributed by atoms with Crippen molar-refractivity contribution in [1.29, 1.82) is 0 Å². The first-order valence-electron chi connectivity index (χ1n) is 8.58. The topological polar surface area (TPSA) is 110 Å². The number of hydrogen-bond donors (Lipinski definition) is 1. The van der Waals surface area contributed by atoms with Crippen LogP contribution >= 0.6 is 0 Å². The molecular formula is C17H22FN3O5S. The van der Waals surface area contributed by atoms with Crippen molar-refractivity contribution in [1.82, 2.24) is 9.80 Å². The van der Waals surface area contributed by atoms with Crippen molar-refractivity contribution in [2.24, 2.45) is 11.7 Å². The van der Waals surface area contributed by atoms with Gasteiger partial charge in [-0.1, -0.05) is 6.07 Å².